The summed E-state index contributed by atoms with van der Waals surface area (Å²) >= 11 is 0. The van der Waals surface area contributed by atoms with E-state index in [1.807, 2.05) is 31.2 Å². The molecule has 0 bridgehead atoms. The third kappa shape index (κ3) is 4.05. The second-order valence-corrected chi connectivity index (χ2v) is 6.43. The van der Waals surface area contributed by atoms with Crippen molar-refractivity contribution in [3.05, 3.63) is 65.5 Å². The molecule has 1 aliphatic heterocycles. The van der Waals surface area contributed by atoms with E-state index in [9.17, 15) is 14.0 Å². The van der Waals surface area contributed by atoms with Crippen LogP contribution in [-0.4, -0.2) is 29.8 Å². The van der Waals surface area contributed by atoms with Crippen LogP contribution in [0.25, 0.3) is 0 Å². The highest BCUT2D eigenvalue weighted by molar-refractivity contribution is 5.96. The number of amides is 2. The molecule has 0 aliphatic carbocycles. The van der Waals surface area contributed by atoms with Gasteiger partial charge in [0.2, 0.25) is 5.91 Å². The normalized spacial score (nSPS) is 17.2. The molecular weight excluding hydrogens is 319 g/mol. The number of piperidine rings is 1. The smallest absolute Gasteiger partial charge is 0.256 e. The Balaban J connectivity index is 1.66. The van der Waals surface area contributed by atoms with E-state index >= 15 is 0 Å². The Bertz CT molecular complexity index is 774. The van der Waals surface area contributed by atoms with E-state index in [-0.39, 0.29) is 23.3 Å². The first kappa shape index (κ1) is 17.1. The molecule has 0 radical (unpaired) electrons. The standard InChI is InChI=1S/C20H21FN2O2/c1-14-8-10-16(11-9-14)22-19(24)15-5-4-12-23(13-15)20(25)17-6-2-3-7-18(17)21/h2-3,6-11,15H,4-5,12-13H2,1H3,(H,22,24). The van der Waals surface area contributed by atoms with E-state index in [2.05, 4.69) is 5.32 Å². The zero-order valence-electron chi connectivity index (χ0n) is 14.2. The van der Waals surface area contributed by atoms with Gasteiger partial charge in [-0.2, -0.15) is 0 Å². The quantitative estimate of drug-likeness (QED) is 0.928. The molecule has 25 heavy (non-hydrogen) atoms. The molecule has 130 valence electrons. The van der Waals surface area contributed by atoms with Crippen LogP contribution in [0.2, 0.25) is 0 Å². The van der Waals surface area contributed by atoms with Crippen LogP contribution in [0.5, 0.6) is 0 Å². The van der Waals surface area contributed by atoms with Crippen molar-refractivity contribution >= 4 is 17.5 Å². The van der Waals surface area contributed by atoms with Crippen molar-refractivity contribution in [2.75, 3.05) is 18.4 Å². The van der Waals surface area contributed by atoms with Crippen molar-refractivity contribution in [3.63, 3.8) is 0 Å². The average molecular weight is 340 g/mol. The van der Waals surface area contributed by atoms with Crippen molar-refractivity contribution in [2.24, 2.45) is 5.92 Å². The lowest BCUT2D eigenvalue weighted by atomic mass is 9.96. The molecule has 1 atom stereocenters. The minimum absolute atomic E-state index is 0.0575. The Morgan fingerprint density at radius 1 is 1.12 bits per heavy atom. The Morgan fingerprint density at radius 2 is 1.84 bits per heavy atom. The van der Waals surface area contributed by atoms with E-state index in [0.29, 0.717) is 13.1 Å². The Kier molecular flexibility index (Phi) is 5.12. The summed E-state index contributed by atoms with van der Waals surface area (Å²) in [5.74, 6) is -1.27. The highest BCUT2D eigenvalue weighted by Gasteiger charge is 2.29. The molecule has 0 spiro atoms. The molecule has 1 N–H and O–H groups in total. The molecule has 1 unspecified atom stereocenters. The fraction of sp³-hybridized carbons (Fsp3) is 0.300. The van der Waals surface area contributed by atoms with Gasteiger partial charge >= 0.3 is 0 Å². The molecule has 1 fully saturated rings. The number of anilines is 1. The second kappa shape index (κ2) is 7.47. The number of carbonyl (C=O) groups is 2. The summed E-state index contributed by atoms with van der Waals surface area (Å²) < 4.78 is 13.8. The molecule has 0 saturated carbocycles. The highest BCUT2D eigenvalue weighted by Crippen LogP contribution is 2.21. The minimum atomic E-state index is -0.529. The third-order valence-corrected chi connectivity index (χ3v) is 4.50. The highest BCUT2D eigenvalue weighted by atomic mass is 19.1. The van der Waals surface area contributed by atoms with Gasteiger partial charge in [-0.1, -0.05) is 29.8 Å². The lowest BCUT2D eigenvalue weighted by molar-refractivity contribution is -0.121. The number of carbonyl (C=O) groups excluding carboxylic acids is 2. The van der Waals surface area contributed by atoms with Crippen molar-refractivity contribution in [1.82, 2.24) is 4.90 Å². The zero-order valence-corrected chi connectivity index (χ0v) is 14.2. The van der Waals surface area contributed by atoms with Crippen LogP contribution in [0.3, 0.4) is 0 Å². The van der Waals surface area contributed by atoms with Crippen LogP contribution < -0.4 is 5.32 Å². The first-order valence-corrected chi connectivity index (χ1v) is 8.46. The van der Waals surface area contributed by atoms with Crippen LogP contribution in [-0.2, 0) is 4.79 Å². The van der Waals surface area contributed by atoms with Gasteiger partial charge in [-0.05, 0) is 44.0 Å². The number of hydrogen-bond donors (Lipinski definition) is 1. The monoisotopic (exact) mass is 340 g/mol. The van der Waals surface area contributed by atoms with Crippen LogP contribution in [0, 0.1) is 18.7 Å². The molecule has 4 nitrogen and oxygen atoms in total. The maximum Gasteiger partial charge on any atom is 0.256 e. The summed E-state index contributed by atoms with van der Waals surface area (Å²) in [4.78, 5) is 26.6. The number of halogens is 1. The van der Waals surface area contributed by atoms with Gasteiger partial charge in [0.1, 0.15) is 5.82 Å². The van der Waals surface area contributed by atoms with Crippen molar-refractivity contribution in [1.29, 1.82) is 0 Å². The summed E-state index contributed by atoms with van der Waals surface area (Å²) in [5.41, 5.74) is 1.92. The number of likely N-dealkylation sites (tertiary alicyclic amines) is 1. The molecule has 1 saturated heterocycles. The average Bonchev–Trinajstić information content (AvgIpc) is 2.63. The van der Waals surface area contributed by atoms with Gasteiger partial charge in [-0.3, -0.25) is 9.59 Å². The predicted molar refractivity (Wildman–Crippen MR) is 94.8 cm³/mol. The van der Waals surface area contributed by atoms with Crippen LogP contribution in [0.4, 0.5) is 10.1 Å². The number of aryl methyl sites for hydroxylation is 1. The van der Waals surface area contributed by atoms with Gasteiger partial charge in [0.05, 0.1) is 11.5 Å². The van der Waals surface area contributed by atoms with Crippen LogP contribution in [0.15, 0.2) is 48.5 Å². The molecule has 5 heteroatoms. The SMILES string of the molecule is Cc1ccc(NC(=O)C2CCCN(C(=O)c3ccccc3F)C2)cc1. The molecule has 2 aromatic carbocycles. The largest absolute Gasteiger partial charge is 0.338 e. The summed E-state index contributed by atoms with van der Waals surface area (Å²) in [6.07, 6.45) is 1.45. The van der Waals surface area contributed by atoms with E-state index < -0.39 is 5.82 Å². The predicted octanol–water partition coefficient (Wildman–Crippen LogP) is 3.63. The number of hydrogen-bond acceptors (Lipinski definition) is 2. The molecule has 1 heterocycles. The van der Waals surface area contributed by atoms with Gasteiger partial charge in [0.25, 0.3) is 5.91 Å². The summed E-state index contributed by atoms with van der Waals surface area (Å²) in [7, 11) is 0. The maximum absolute atomic E-state index is 13.8. The summed E-state index contributed by atoms with van der Waals surface area (Å²) in [5, 5.41) is 2.90. The first-order valence-electron chi connectivity index (χ1n) is 8.46. The second-order valence-electron chi connectivity index (χ2n) is 6.43. The molecule has 0 aromatic heterocycles. The third-order valence-electron chi connectivity index (χ3n) is 4.50. The Hall–Kier alpha value is -2.69. The topological polar surface area (TPSA) is 49.4 Å². The molecule has 1 aliphatic rings. The number of nitrogens with one attached hydrogen (secondary N) is 1. The molecule has 2 amide bonds. The molecule has 2 aromatic rings. The Labute approximate surface area is 146 Å². The number of rotatable bonds is 3. The van der Waals surface area contributed by atoms with E-state index in [1.54, 1.807) is 17.0 Å². The van der Waals surface area contributed by atoms with Gasteiger partial charge in [0.15, 0.2) is 0 Å². The maximum atomic E-state index is 13.8. The number of benzene rings is 2. The fourth-order valence-corrected chi connectivity index (χ4v) is 3.06. The van der Waals surface area contributed by atoms with E-state index in [0.717, 1.165) is 24.1 Å². The fourth-order valence-electron chi connectivity index (χ4n) is 3.06. The van der Waals surface area contributed by atoms with Crippen LogP contribution >= 0.6 is 0 Å². The van der Waals surface area contributed by atoms with Gasteiger partial charge < -0.3 is 10.2 Å². The van der Waals surface area contributed by atoms with Gasteiger partial charge in [0, 0.05) is 18.8 Å². The van der Waals surface area contributed by atoms with Crippen LogP contribution in [0.1, 0.15) is 28.8 Å². The molecular formula is C20H21FN2O2. The first-order chi connectivity index (χ1) is 12.0. The molecule has 3 rings (SSSR count). The van der Waals surface area contributed by atoms with Crippen molar-refractivity contribution in [2.45, 2.75) is 19.8 Å². The van der Waals surface area contributed by atoms with Crippen molar-refractivity contribution < 1.29 is 14.0 Å². The van der Waals surface area contributed by atoms with Crippen molar-refractivity contribution in [3.8, 4) is 0 Å². The van der Waals surface area contributed by atoms with E-state index in [4.69, 9.17) is 0 Å². The van der Waals surface area contributed by atoms with E-state index in [1.165, 1.54) is 12.1 Å². The van der Waals surface area contributed by atoms with Gasteiger partial charge in [-0.15, -0.1) is 0 Å². The summed E-state index contributed by atoms with van der Waals surface area (Å²) in [6, 6.07) is 13.5. The zero-order chi connectivity index (χ0) is 17.8. The minimum Gasteiger partial charge on any atom is -0.338 e. The van der Waals surface area contributed by atoms with Gasteiger partial charge in [-0.25, -0.2) is 4.39 Å². The lowest BCUT2D eigenvalue weighted by Gasteiger charge is -2.32. The Morgan fingerprint density at radius 3 is 2.56 bits per heavy atom. The lowest BCUT2D eigenvalue weighted by Crippen LogP contribution is -2.44. The summed E-state index contributed by atoms with van der Waals surface area (Å²) in [6.45, 7) is 2.84. The number of nitrogens with zero attached hydrogens (tertiary/aromatic N) is 1.